The van der Waals surface area contributed by atoms with Gasteiger partial charge in [0.2, 0.25) is 11.8 Å². The molecule has 7 rings (SSSR count). The van der Waals surface area contributed by atoms with E-state index in [1.807, 2.05) is 0 Å². The third-order valence-corrected chi connectivity index (χ3v) is 12.2. The van der Waals surface area contributed by atoms with E-state index in [0.29, 0.717) is 16.4 Å². The molecule has 1 aliphatic heterocycles. The van der Waals surface area contributed by atoms with Crippen molar-refractivity contribution >= 4 is 64.0 Å². The number of rotatable bonds is 12. The second kappa shape index (κ2) is 17.7. The Morgan fingerprint density at radius 3 is 2.23 bits per heavy atom. The minimum Gasteiger partial charge on any atom is -0.474 e. The zero-order valence-electron chi connectivity index (χ0n) is 34.5. The fraction of sp³-hybridized carbons (Fsp3) is 0.390. The number of aliphatic carboxylic acids is 1. The number of nitrogens with one attached hydrogen (secondary N) is 1. The number of pyridine rings is 1. The average molecular weight is 977 g/mol. The van der Waals surface area contributed by atoms with Crippen LogP contribution in [0.1, 0.15) is 53.8 Å². The summed E-state index contributed by atoms with van der Waals surface area (Å²) < 4.78 is 147. The topological polar surface area (TPSA) is 156 Å². The highest BCUT2D eigenvalue weighted by Crippen LogP contribution is 2.50. The highest BCUT2D eigenvalue weighted by Gasteiger charge is 2.54. The smallest absolute Gasteiger partial charge is 0.435 e. The monoisotopic (exact) mass is 976 g/mol. The Morgan fingerprint density at radius 2 is 1.64 bits per heavy atom. The molecule has 1 fully saturated rings. The van der Waals surface area contributed by atoms with E-state index in [2.05, 4.69) is 20.5 Å². The molecular weight excluding hydrogens is 942 g/mol. The summed E-state index contributed by atoms with van der Waals surface area (Å²) in [5.74, 6) is -13.9. The van der Waals surface area contributed by atoms with Gasteiger partial charge in [0.15, 0.2) is 11.5 Å². The van der Waals surface area contributed by atoms with Gasteiger partial charge in [0, 0.05) is 53.7 Å². The van der Waals surface area contributed by atoms with Crippen LogP contribution in [0, 0.1) is 23.5 Å². The summed E-state index contributed by atoms with van der Waals surface area (Å²) in [6.45, 7) is -0.890. The molecule has 0 saturated carbocycles. The Balaban J connectivity index is 1.37. The van der Waals surface area contributed by atoms with Crippen molar-refractivity contribution in [3.8, 4) is 11.1 Å². The van der Waals surface area contributed by atoms with Crippen molar-refractivity contribution in [1.29, 1.82) is 0 Å². The van der Waals surface area contributed by atoms with Gasteiger partial charge in [-0.15, -0.1) is 0 Å². The Kier molecular flexibility index (Phi) is 12.9. The average Bonchev–Trinajstić information content (AvgIpc) is 3.82. The van der Waals surface area contributed by atoms with Crippen molar-refractivity contribution in [1.82, 2.24) is 34.8 Å². The highest BCUT2D eigenvalue weighted by molar-refractivity contribution is 8.00. The molecule has 3 aromatic heterocycles. The van der Waals surface area contributed by atoms with E-state index in [-0.39, 0.29) is 68.3 Å². The van der Waals surface area contributed by atoms with Crippen LogP contribution in [0.15, 0.2) is 42.5 Å². The number of anilines is 1. The normalized spacial score (nSPS) is 16.6. The molecule has 352 valence electrons. The third kappa shape index (κ3) is 9.25. The van der Waals surface area contributed by atoms with Gasteiger partial charge in [-0.2, -0.15) is 45.3 Å². The third-order valence-electron chi connectivity index (χ3n) is 11.1. The van der Waals surface area contributed by atoms with E-state index >= 15 is 8.78 Å². The van der Waals surface area contributed by atoms with Gasteiger partial charge in [0.05, 0.1) is 33.6 Å². The SMILES string of the molecule is CCc1ccc(-c2ccc(Cl)c3c(N(SC)C(=O)C4CN(C(=O)C(=O)O)C4)nn(CC(F)(F)F)c23)c(C(Cc2cc(F)cc(F)c2)NC(=O)Cn2nc(C(F)(F)F)c3c2C(F)(F)[C@H](C)C3)n1. The number of carbonyl (C=O) groups excluding carboxylic acids is 3. The van der Waals surface area contributed by atoms with Crippen LogP contribution in [0.5, 0.6) is 0 Å². The number of aromatic nitrogens is 5. The molecule has 2 aromatic carbocycles. The maximum atomic E-state index is 15.4. The predicted octanol–water partition coefficient (Wildman–Crippen LogP) is 7.91. The number of aryl methyl sites for hydroxylation is 1. The number of alkyl halides is 8. The van der Waals surface area contributed by atoms with Crippen molar-refractivity contribution in [3.05, 3.63) is 93.0 Å². The van der Waals surface area contributed by atoms with Crippen LogP contribution < -0.4 is 9.62 Å². The molecular formula is C41H35ClF10N8O5S. The second-order valence-corrected chi connectivity index (χ2v) is 16.8. The number of benzene rings is 2. The lowest BCUT2D eigenvalue weighted by molar-refractivity contribution is -0.160. The van der Waals surface area contributed by atoms with Crippen LogP contribution in [0.25, 0.3) is 22.0 Å². The number of carbonyl (C=O) groups is 4. The fourth-order valence-electron chi connectivity index (χ4n) is 8.13. The number of likely N-dealkylation sites (tertiary alicyclic amines) is 1. The number of nitrogens with zero attached hydrogens (tertiary/aromatic N) is 7. The maximum Gasteiger partial charge on any atom is 0.435 e. The zero-order chi connectivity index (χ0) is 48.4. The van der Waals surface area contributed by atoms with Crippen LogP contribution in [0.2, 0.25) is 5.02 Å². The minimum absolute atomic E-state index is 0.0329. The van der Waals surface area contributed by atoms with Crippen molar-refractivity contribution in [2.75, 3.05) is 23.7 Å². The quantitative estimate of drug-likeness (QED) is 0.0721. The summed E-state index contributed by atoms with van der Waals surface area (Å²) in [7, 11) is 0. The number of hydrogen-bond donors (Lipinski definition) is 2. The first-order chi connectivity index (χ1) is 30.8. The van der Waals surface area contributed by atoms with Gasteiger partial charge < -0.3 is 15.3 Å². The Bertz CT molecular complexity index is 2750. The van der Waals surface area contributed by atoms with Crippen molar-refractivity contribution in [2.45, 2.75) is 70.5 Å². The summed E-state index contributed by atoms with van der Waals surface area (Å²) >= 11 is 7.42. The predicted molar refractivity (Wildman–Crippen MR) is 217 cm³/mol. The van der Waals surface area contributed by atoms with Gasteiger partial charge in [0.1, 0.15) is 30.4 Å². The summed E-state index contributed by atoms with van der Waals surface area (Å²) in [6.07, 6.45) is -9.72. The van der Waals surface area contributed by atoms with Gasteiger partial charge in [-0.3, -0.25) is 28.7 Å². The van der Waals surface area contributed by atoms with Crippen LogP contribution in [0.4, 0.5) is 49.7 Å². The molecule has 1 saturated heterocycles. The molecule has 5 aromatic rings. The van der Waals surface area contributed by atoms with E-state index in [1.54, 1.807) is 6.92 Å². The molecule has 66 heavy (non-hydrogen) atoms. The van der Waals surface area contributed by atoms with Crippen LogP contribution >= 0.6 is 23.5 Å². The molecule has 13 nitrogen and oxygen atoms in total. The van der Waals surface area contributed by atoms with E-state index < -0.39 is 114 Å². The summed E-state index contributed by atoms with van der Waals surface area (Å²) in [6, 6.07) is 6.29. The first-order valence-corrected chi connectivity index (χ1v) is 21.3. The van der Waals surface area contributed by atoms with Gasteiger partial charge in [-0.1, -0.05) is 37.6 Å². The Labute approximate surface area is 376 Å². The maximum absolute atomic E-state index is 15.4. The molecule has 3 amide bonds. The first kappa shape index (κ1) is 48.0. The van der Waals surface area contributed by atoms with E-state index in [0.717, 1.165) is 40.2 Å². The summed E-state index contributed by atoms with van der Waals surface area (Å²) in [5.41, 5.74) is -3.90. The van der Waals surface area contributed by atoms with Crippen molar-refractivity contribution in [3.63, 3.8) is 0 Å². The second-order valence-electron chi connectivity index (χ2n) is 15.7. The molecule has 1 unspecified atom stereocenters. The zero-order valence-corrected chi connectivity index (χ0v) is 36.1. The number of hydrogen-bond acceptors (Lipinski definition) is 8. The summed E-state index contributed by atoms with van der Waals surface area (Å²) in [4.78, 5) is 56.5. The molecule has 0 spiro atoms. The molecule has 0 bridgehead atoms. The molecule has 2 aliphatic rings. The van der Waals surface area contributed by atoms with Gasteiger partial charge in [-0.25, -0.2) is 17.9 Å². The van der Waals surface area contributed by atoms with Gasteiger partial charge in [-0.05, 0) is 61.0 Å². The van der Waals surface area contributed by atoms with Gasteiger partial charge in [0.25, 0.3) is 5.92 Å². The van der Waals surface area contributed by atoms with Gasteiger partial charge >= 0.3 is 24.2 Å². The number of halogens is 11. The number of carboxylic acid groups (broad SMARTS) is 1. The van der Waals surface area contributed by atoms with Crippen LogP contribution in [-0.4, -0.2) is 83.8 Å². The number of fused-ring (bicyclic) bond motifs is 2. The lowest BCUT2D eigenvalue weighted by Gasteiger charge is -2.38. The molecule has 25 heteroatoms. The van der Waals surface area contributed by atoms with Crippen LogP contribution in [0.3, 0.4) is 0 Å². The van der Waals surface area contributed by atoms with Crippen molar-refractivity contribution < 1.29 is 68.2 Å². The lowest BCUT2D eigenvalue weighted by atomic mass is 9.93. The molecule has 0 radical (unpaired) electrons. The Hall–Kier alpha value is -5.91. The summed E-state index contributed by atoms with van der Waals surface area (Å²) in [5, 5.41) is 18.8. The highest BCUT2D eigenvalue weighted by atomic mass is 35.5. The van der Waals surface area contributed by atoms with E-state index in [1.165, 1.54) is 30.5 Å². The minimum atomic E-state index is -5.17. The lowest BCUT2D eigenvalue weighted by Crippen LogP contribution is -2.57. The number of amides is 3. The molecule has 2 N–H and O–H groups in total. The number of carboxylic acids is 1. The molecule has 2 atom stereocenters. The Morgan fingerprint density at radius 1 is 0.985 bits per heavy atom. The molecule has 1 aliphatic carbocycles. The first-order valence-electron chi connectivity index (χ1n) is 19.8. The largest absolute Gasteiger partial charge is 0.474 e. The fourth-order valence-corrected chi connectivity index (χ4v) is 8.99. The van der Waals surface area contributed by atoms with E-state index in [4.69, 9.17) is 16.7 Å². The molecule has 4 heterocycles. The van der Waals surface area contributed by atoms with Crippen molar-refractivity contribution in [2.24, 2.45) is 11.8 Å². The standard InChI is InChI=1S/C41H35ClF10N8O5S/c1-4-23-5-6-24(25-7-8-27(42)30-32(25)59(17-39(45,46)47)56-35(30)60(66-3)36(62)20-14-57(15-20)37(63)38(64)65)31(53-23)28(12-19-10-21(43)13-22(44)11-19)54-29(61)16-58-34-26(9-18(2)40(34,48)49)33(55-58)41(50,51)52/h5-8,10-11,13,18,20,28H,4,9,12,14-17H2,1-3H3,(H,54,61)(H,64,65)/t18-,28?/m1/s1. The van der Waals surface area contributed by atoms with Crippen LogP contribution in [-0.2, 0) is 63.6 Å². The van der Waals surface area contributed by atoms with E-state index in [9.17, 15) is 54.3 Å².